The highest BCUT2D eigenvalue weighted by molar-refractivity contribution is 5.96. The van der Waals surface area contributed by atoms with E-state index in [9.17, 15) is 9.59 Å². The molecule has 0 unspecified atom stereocenters. The van der Waals surface area contributed by atoms with Crippen LogP contribution in [0.5, 0.6) is 5.75 Å². The lowest BCUT2D eigenvalue weighted by molar-refractivity contribution is 0.0501. The predicted octanol–water partition coefficient (Wildman–Crippen LogP) is 5.18. The molecule has 0 aromatic heterocycles. The molecule has 0 aliphatic heterocycles. The molecule has 2 aromatic carbocycles. The zero-order valence-corrected chi connectivity index (χ0v) is 17.7. The Bertz CT molecular complexity index is 779. The van der Waals surface area contributed by atoms with Gasteiger partial charge in [-0.15, -0.1) is 0 Å². The van der Waals surface area contributed by atoms with Crippen LogP contribution < -0.4 is 10.1 Å². The molecule has 0 fully saturated rings. The number of ketones is 1. The highest BCUT2D eigenvalue weighted by Gasteiger charge is 2.20. The van der Waals surface area contributed by atoms with E-state index in [1.165, 1.54) is 0 Å². The number of ether oxygens (including phenoxy) is 2. The van der Waals surface area contributed by atoms with Crippen LogP contribution in [-0.4, -0.2) is 30.6 Å². The first kappa shape index (κ1) is 22.5. The number of hydrogen-bond donors (Lipinski definition) is 1. The fraction of sp³-hybridized carbons (Fsp3) is 0.417. The smallest absolute Gasteiger partial charge is 0.407 e. The first-order valence-electron chi connectivity index (χ1n) is 9.97. The van der Waals surface area contributed by atoms with Crippen molar-refractivity contribution in [1.82, 2.24) is 5.32 Å². The van der Waals surface area contributed by atoms with Crippen molar-refractivity contribution in [1.29, 1.82) is 0 Å². The molecule has 29 heavy (non-hydrogen) atoms. The zero-order valence-electron chi connectivity index (χ0n) is 17.7. The topological polar surface area (TPSA) is 64.6 Å². The molecule has 0 aliphatic carbocycles. The normalized spacial score (nSPS) is 12.1. The van der Waals surface area contributed by atoms with Crippen LogP contribution in [0, 0.1) is 0 Å². The SMILES string of the molecule is COc1ccc(C(=O)CCC[C@@H](Cc2ccccc2)NC(=O)OC(C)(C)C)cc1. The van der Waals surface area contributed by atoms with Gasteiger partial charge in [0.2, 0.25) is 0 Å². The fourth-order valence-corrected chi connectivity index (χ4v) is 3.03. The number of Topliss-reactive ketones (excluding diaryl/α,β-unsaturated/α-hetero) is 1. The van der Waals surface area contributed by atoms with Crippen LogP contribution in [0.15, 0.2) is 54.6 Å². The molecule has 2 aromatic rings. The average molecular weight is 398 g/mol. The van der Waals surface area contributed by atoms with E-state index in [1.807, 2.05) is 51.1 Å². The third kappa shape index (κ3) is 8.38. The molecule has 0 saturated carbocycles. The maximum Gasteiger partial charge on any atom is 0.407 e. The third-order valence-electron chi connectivity index (χ3n) is 4.41. The Morgan fingerprint density at radius 3 is 2.24 bits per heavy atom. The minimum Gasteiger partial charge on any atom is -0.497 e. The molecule has 0 saturated heterocycles. The summed E-state index contributed by atoms with van der Waals surface area (Å²) in [4.78, 5) is 24.7. The van der Waals surface area contributed by atoms with Crippen molar-refractivity contribution in [3.8, 4) is 5.75 Å². The standard InChI is InChI=1S/C24H31NO4/c1-24(2,3)29-23(27)25-20(17-18-9-6-5-7-10-18)11-8-12-22(26)19-13-15-21(28-4)16-14-19/h5-7,9-10,13-16,20H,8,11-12,17H2,1-4H3,(H,25,27)/t20-/m0/s1. The van der Waals surface area contributed by atoms with Gasteiger partial charge in [0, 0.05) is 18.0 Å². The van der Waals surface area contributed by atoms with E-state index in [0.717, 1.165) is 11.3 Å². The molecule has 0 spiro atoms. The van der Waals surface area contributed by atoms with Gasteiger partial charge < -0.3 is 14.8 Å². The van der Waals surface area contributed by atoms with Crippen molar-refractivity contribution >= 4 is 11.9 Å². The average Bonchev–Trinajstić information content (AvgIpc) is 2.67. The van der Waals surface area contributed by atoms with Crippen molar-refractivity contribution < 1.29 is 19.1 Å². The van der Waals surface area contributed by atoms with Gasteiger partial charge in [-0.25, -0.2) is 4.79 Å². The van der Waals surface area contributed by atoms with E-state index in [4.69, 9.17) is 9.47 Å². The molecule has 2 rings (SSSR count). The summed E-state index contributed by atoms with van der Waals surface area (Å²) < 4.78 is 10.5. The van der Waals surface area contributed by atoms with Crippen LogP contribution in [0.25, 0.3) is 0 Å². The molecule has 156 valence electrons. The molecule has 0 aliphatic rings. The highest BCUT2D eigenvalue weighted by atomic mass is 16.6. The van der Waals surface area contributed by atoms with E-state index in [1.54, 1.807) is 31.4 Å². The highest BCUT2D eigenvalue weighted by Crippen LogP contribution is 2.16. The summed E-state index contributed by atoms with van der Waals surface area (Å²) in [7, 11) is 1.60. The third-order valence-corrected chi connectivity index (χ3v) is 4.41. The number of carbonyl (C=O) groups excluding carboxylic acids is 2. The van der Waals surface area contributed by atoms with Crippen LogP contribution in [0.1, 0.15) is 56.0 Å². The van der Waals surface area contributed by atoms with E-state index >= 15 is 0 Å². The number of carbonyl (C=O) groups is 2. The lowest BCUT2D eigenvalue weighted by atomic mass is 9.98. The van der Waals surface area contributed by atoms with E-state index in [-0.39, 0.29) is 11.8 Å². The predicted molar refractivity (Wildman–Crippen MR) is 114 cm³/mol. The minimum absolute atomic E-state index is 0.0865. The summed E-state index contributed by atoms with van der Waals surface area (Å²) in [6.07, 6.45) is 2.05. The summed E-state index contributed by atoms with van der Waals surface area (Å²) in [5, 5.41) is 2.96. The molecule has 5 heteroatoms. The van der Waals surface area contributed by atoms with Gasteiger partial charge in [0.15, 0.2) is 5.78 Å². The van der Waals surface area contributed by atoms with E-state index in [2.05, 4.69) is 5.32 Å². The largest absolute Gasteiger partial charge is 0.497 e. The van der Waals surface area contributed by atoms with Crippen molar-refractivity contribution in [2.24, 2.45) is 0 Å². The lowest BCUT2D eigenvalue weighted by Gasteiger charge is -2.24. The quantitative estimate of drug-likeness (QED) is 0.592. The van der Waals surface area contributed by atoms with E-state index < -0.39 is 11.7 Å². The molecular formula is C24H31NO4. The second kappa shape index (κ2) is 10.6. The van der Waals surface area contributed by atoms with Crippen LogP contribution in [0.4, 0.5) is 4.79 Å². The first-order valence-corrected chi connectivity index (χ1v) is 9.97. The second-order valence-corrected chi connectivity index (χ2v) is 8.08. The lowest BCUT2D eigenvalue weighted by Crippen LogP contribution is -2.40. The molecule has 5 nitrogen and oxygen atoms in total. The van der Waals surface area contributed by atoms with Gasteiger partial charge >= 0.3 is 6.09 Å². The Labute approximate surface area is 173 Å². The Balaban J connectivity index is 1.93. The monoisotopic (exact) mass is 397 g/mol. The second-order valence-electron chi connectivity index (χ2n) is 8.08. The first-order chi connectivity index (χ1) is 13.8. The van der Waals surface area contributed by atoms with Gasteiger partial charge in [-0.3, -0.25) is 4.79 Å². The number of benzene rings is 2. The molecule has 1 amide bonds. The van der Waals surface area contributed by atoms with Crippen molar-refractivity contribution in [2.45, 2.75) is 58.1 Å². The summed E-state index contributed by atoms with van der Waals surface area (Å²) in [6, 6.07) is 17.0. The molecule has 0 radical (unpaired) electrons. The van der Waals surface area contributed by atoms with E-state index in [0.29, 0.717) is 31.2 Å². The summed E-state index contributed by atoms with van der Waals surface area (Å²) in [5.74, 6) is 0.814. The van der Waals surface area contributed by atoms with Crippen molar-refractivity contribution in [3.63, 3.8) is 0 Å². The Kier molecular flexibility index (Phi) is 8.25. The number of nitrogens with one attached hydrogen (secondary N) is 1. The zero-order chi connectivity index (χ0) is 21.3. The van der Waals surface area contributed by atoms with Gasteiger partial charge in [0.1, 0.15) is 11.4 Å². The summed E-state index contributed by atoms with van der Waals surface area (Å²) in [6.45, 7) is 5.52. The van der Waals surface area contributed by atoms with Crippen LogP contribution in [0.2, 0.25) is 0 Å². The summed E-state index contributed by atoms with van der Waals surface area (Å²) in [5.41, 5.74) is 1.26. The van der Waals surface area contributed by atoms with Gasteiger partial charge in [-0.1, -0.05) is 30.3 Å². The number of alkyl carbamates (subject to hydrolysis) is 1. The Morgan fingerprint density at radius 2 is 1.66 bits per heavy atom. The number of hydrogen-bond acceptors (Lipinski definition) is 4. The van der Waals surface area contributed by atoms with Gasteiger partial charge in [0.05, 0.1) is 7.11 Å². The van der Waals surface area contributed by atoms with Crippen LogP contribution >= 0.6 is 0 Å². The van der Waals surface area contributed by atoms with Crippen LogP contribution in [0.3, 0.4) is 0 Å². The molecule has 0 heterocycles. The molecule has 1 N–H and O–H groups in total. The molecule has 1 atom stereocenters. The van der Waals surface area contributed by atoms with Gasteiger partial charge in [0.25, 0.3) is 0 Å². The minimum atomic E-state index is -0.550. The maximum absolute atomic E-state index is 12.4. The summed E-state index contributed by atoms with van der Waals surface area (Å²) >= 11 is 0. The van der Waals surface area contributed by atoms with Crippen molar-refractivity contribution in [3.05, 3.63) is 65.7 Å². The van der Waals surface area contributed by atoms with Crippen LogP contribution in [-0.2, 0) is 11.2 Å². The number of rotatable bonds is 9. The Morgan fingerprint density at radius 1 is 1.00 bits per heavy atom. The van der Waals surface area contributed by atoms with Gasteiger partial charge in [-0.2, -0.15) is 0 Å². The van der Waals surface area contributed by atoms with Gasteiger partial charge in [-0.05, 0) is 69.9 Å². The molecular weight excluding hydrogens is 366 g/mol. The Hall–Kier alpha value is -2.82. The number of methoxy groups -OCH3 is 1. The molecule has 0 bridgehead atoms. The number of amides is 1. The van der Waals surface area contributed by atoms with Crippen molar-refractivity contribution in [2.75, 3.05) is 7.11 Å². The maximum atomic E-state index is 12.4. The fourth-order valence-electron chi connectivity index (χ4n) is 3.03.